The number of rotatable bonds is 8. The average molecular weight is 621 g/mol. The minimum atomic E-state index is 0. The number of benzene rings is 2. The van der Waals surface area contributed by atoms with Gasteiger partial charge in [0.15, 0.2) is 5.58 Å². The molecule has 2 aromatic heterocycles. The van der Waals surface area contributed by atoms with E-state index in [1.165, 1.54) is 12.8 Å². The summed E-state index contributed by atoms with van der Waals surface area (Å²) in [4.78, 5) is 6.96. The Bertz CT molecular complexity index is 1340. The first-order chi connectivity index (χ1) is 18.6. The molecule has 1 fully saturated rings. The Balaban J connectivity index is 0.00000134. The van der Waals surface area contributed by atoms with Crippen LogP contribution in [0.15, 0.2) is 65.3 Å². The van der Waals surface area contributed by atoms with Crippen molar-refractivity contribution in [2.45, 2.75) is 45.8 Å². The number of halogens is 3. The third kappa shape index (κ3) is 10.2. The number of pyridine rings is 1. The number of nitrogens with one attached hydrogen (secondary N) is 1. The Hall–Kier alpha value is -2.86. The van der Waals surface area contributed by atoms with Gasteiger partial charge in [0.1, 0.15) is 12.4 Å². The molecule has 1 N–H and O–H groups in total. The van der Waals surface area contributed by atoms with E-state index >= 15 is 0 Å². The summed E-state index contributed by atoms with van der Waals surface area (Å²) in [6.45, 7) is 5.65. The van der Waals surface area contributed by atoms with E-state index in [9.17, 15) is 0 Å². The molecule has 0 saturated carbocycles. The predicted molar refractivity (Wildman–Crippen MR) is 172 cm³/mol. The van der Waals surface area contributed by atoms with Gasteiger partial charge in [0.25, 0.3) is 0 Å². The number of aromatic nitrogens is 2. The third-order valence-electron chi connectivity index (χ3n) is 7.00. The van der Waals surface area contributed by atoms with Crippen LogP contribution in [-0.4, -0.2) is 42.2 Å². The summed E-state index contributed by atoms with van der Waals surface area (Å²) in [6, 6.07) is 19.8. The second-order valence-corrected chi connectivity index (χ2v) is 9.87. The highest BCUT2D eigenvalue weighted by Gasteiger charge is 2.21. The van der Waals surface area contributed by atoms with Crippen LogP contribution >= 0.6 is 37.2 Å². The van der Waals surface area contributed by atoms with Gasteiger partial charge in [-0.3, -0.25) is 9.88 Å². The molecule has 0 unspecified atom stereocenters. The predicted octanol–water partition coefficient (Wildman–Crippen LogP) is 6.93. The van der Waals surface area contributed by atoms with Crippen LogP contribution in [0.4, 0.5) is 0 Å². The summed E-state index contributed by atoms with van der Waals surface area (Å²) in [5.41, 5.74) is 5.64. The van der Waals surface area contributed by atoms with Crippen molar-refractivity contribution in [3.8, 4) is 11.8 Å². The molecule has 0 radical (unpaired) electrons. The number of nitriles is 1. The molecule has 1 aliphatic rings. The lowest BCUT2D eigenvalue weighted by atomic mass is 9.91. The number of fused-ring (bicyclic) bond motifs is 1. The molecule has 222 valence electrons. The Morgan fingerprint density at radius 3 is 2.37 bits per heavy atom. The Morgan fingerprint density at radius 1 is 1.02 bits per heavy atom. The lowest BCUT2D eigenvalue weighted by Crippen LogP contribution is -2.33. The fourth-order valence-electron chi connectivity index (χ4n) is 4.84. The van der Waals surface area contributed by atoms with Gasteiger partial charge < -0.3 is 14.6 Å². The first kappa shape index (κ1) is 36.2. The molecular weight excluding hydrogens is 581 g/mol. The molecule has 0 bridgehead atoms. The van der Waals surface area contributed by atoms with Crippen LogP contribution in [0.25, 0.3) is 11.0 Å². The summed E-state index contributed by atoms with van der Waals surface area (Å²) in [5, 5.41) is 17.2. The van der Waals surface area contributed by atoms with Gasteiger partial charge in [-0.25, -0.2) is 0 Å². The quantitative estimate of drug-likeness (QED) is 0.229. The highest BCUT2D eigenvalue weighted by atomic mass is 35.5. The van der Waals surface area contributed by atoms with Gasteiger partial charge in [-0.1, -0.05) is 23.4 Å². The maximum absolute atomic E-state index is 8.95. The van der Waals surface area contributed by atoms with E-state index in [-0.39, 0.29) is 37.2 Å². The van der Waals surface area contributed by atoms with E-state index < -0.39 is 0 Å². The van der Waals surface area contributed by atoms with Crippen LogP contribution in [0.5, 0.6) is 5.75 Å². The molecule has 5 rings (SSSR count). The molecule has 1 aliphatic heterocycles. The van der Waals surface area contributed by atoms with Gasteiger partial charge in [-0.2, -0.15) is 5.26 Å². The lowest BCUT2D eigenvalue weighted by Gasteiger charge is -2.31. The zero-order valence-corrected chi connectivity index (χ0v) is 26.3. The maximum atomic E-state index is 8.95. The summed E-state index contributed by atoms with van der Waals surface area (Å²) < 4.78 is 11.8. The molecule has 4 aromatic rings. The number of likely N-dealkylation sites (tertiary alicyclic amines) is 1. The van der Waals surface area contributed by atoms with Crippen molar-refractivity contribution in [3.63, 3.8) is 0 Å². The Morgan fingerprint density at radius 2 is 1.73 bits per heavy atom. The summed E-state index contributed by atoms with van der Waals surface area (Å²) in [6.07, 6.45) is 6.37. The molecular formula is C31H40Cl3N5O2. The van der Waals surface area contributed by atoms with E-state index in [0.29, 0.717) is 12.2 Å². The zero-order valence-electron chi connectivity index (χ0n) is 23.8. The highest BCUT2D eigenvalue weighted by Crippen LogP contribution is 2.31. The average Bonchev–Trinajstić information content (AvgIpc) is 3.37. The van der Waals surface area contributed by atoms with Crippen LogP contribution in [0, 0.1) is 24.2 Å². The molecule has 2 aromatic carbocycles. The normalized spacial score (nSPS) is 13.0. The number of nitrogens with zero attached hydrogens (tertiary/aromatic N) is 4. The van der Waals surface area contributed by atoms with E-state index in [4.69, 9.17) is 14.5 Å². The number of aryl methyl sites for hydroxylation is 2. The second kappa shape index (κ2) is 18.5. The van der Waals surface area contributed by atoms with Gasteiger partial charge in [0.2, 0.25) is 0 Å². The SMILES string of the molecule is CNC.Cc1c(OCc2ccc(C#N)cc2)ccc2c(CCC3CCN(Cc4ccccn4)CC3)noc12.Cl.Cl.Cl. The second-order valence-electron chi connectivity index (χ2n) is 9.87. The molecule has 3 heterocycles. The topological polar surface area (TPSA) is 87.2 Å². The zero-order chi connectivity index (χ0) is 26.7. The Labute approximate surface area is 261 Å². The van der Waals surface area contributed by atoms with Gasteiger partial charge in [0, 0.05) is 23.7 Å². The van der Waals surface area contributed by atoms with Gasteiger partial charge in [-0.15, -0.1) is 37.2 Å². The van der Waals surface area contributed by atoms with E-state index in [2.05, 4.69) is 44.6 Å². The van der Waals surface area contributed by atoms with Crippen molar-refractivity contribution < 1.29 is 9.26 Å². The first-order valence-corrected chi connectivity index (χ1v) is 13.3. The minimum Gasteiger partial charge on any atom is -0.488 e. The molecule has 1 saturated heterocycles. The standard InChI is InChI=1S/C29H30N4O2.C2H7N.3ClH/c1-21-28(34-20-24-7-5-23(18-30)6-8-24)12-10-26-27(32-35-29(21)26)11-9-22-13-16-33(17-14-22)19-25-4-2-3-15-31-25;1-3-2;;;/h2-8,10,12,15,22H,9,11,13-14,16-17,19-20H2,1H3;3H,1-2H3;3*1H. The largest absolute Gasteiger partial charge is 0.488 e. The van der Waals surface area contributed by atoms with Crippen LogP contribution < -0.4 is 10.1 Å². The smallest absolute Gasteiger partial charge is 0.173 e. The summed E-state index contributed by atoms with van der Waals surface area (Å²) in [7, 11) is 3.75. The first-order valence-electron chi connectivity index (χ1n) is 13.3. The molecule has 41 heavy (non-hydrogen) atoms. The van der Waals surface area contributed by atoms with Crippen molar-refractivity contribution in [1.29, 1.82) is 5.26 Å². The fraction of sp³-hybridized carbons (Fsp3) is 0.387. The maximum Gasteiger partial charge on any atom is 0.173 e. The Kier molecular flexibility index (Phi) is 16.4. The molecule has 0 amide bonds. The lowest BCUT2D eigenvalue weighted by molar-refractivity contribution is 0.170. The number of hydrogen-bond donors (Lipinski definition) is 1. The van der Waals surface area contributed by atoms with Crippen molar-refractivity contribution in [1.82, 2.24) is 20.4 Å². The summed E-state index contributed by atoms with van der Waals surface area (Å²) in [5.74, 6) is 1.52. The van der Waals surface area contributed by atoms with Crippen molar-refractivity contribution in [3.05, 3.63) is 88.9 Å². The summed E-state index contributed by atoms with van der Waals surface area (Å²) >= 11 is 0. The third-order valence-corrected chi connectivity index (χ3v) is 7.00. The molecule has 0 aliphatic carbocycles. The van der Waals surface area contributed by atoms with Crippen LogP contribution in [0.1, 0.15) is 47.3 Å². The van der Waals surface area contributed by atoms with E-state index in [1.54, 1.807) is 0 Å². The fourth-order valence-corrected chi connectivity index (χ4v) is 4.84. The van der Waals surface area contributed by atoms with Crippen molar-refractivity contribution in [2.24, 2.45) is 5.92 Å². The molecule has 10 heteroatoms. The van der Waals surface area contributed by atoms with Gasteiger partial charge >= 0.3 is 0 Å². The highest BCUT2D eigenvalue weighted by molar-refractivity contribution is 5.86. The van der Waals surface area contributed by atoms with E-state index in [0.717, 1.165) is 77.6 Å². The molecule has 0 atom stereocenters. The van der Waals surface area contributed by atoms with Gasteiger partial charge in [0.05, 0.1) is 23.0 Å². The van der Waals surface area contributed by atoms with Gasteiger partial charge in [-0.05, 0) is 108 Å². The number of piperidine rings is 1. The van der Waals surface area contributed by atoms with Crippen LogP contribution in [0.2, 0.25) is 0 Å². The van der Waals surface area contributed by atoms with Crippen LogP contribution in [-0.2, 0) is 19.6 Å². The van der Waals surface area contributed by atoms with E-state index in [1.807, 2.05) is 63.6 Å². The van der Waals surface area contributed by atoms with Crippen LogP contribution in [0.3, 0.4) is 0 Å². The van der Waals surface area contributed by atoms with Crippen molar-refractivity contribution in [2.75, 3.05) is 27.2 Å². The monoisotopic (exact) mass is 619 g/mol. The minimum absolute atomic E-state index is 0. The number of hydrogen-bond acceptors (Lipinski definition) is 7. The number of ether oxygens (including phenoxy) is 1. The molecule has 0 spiro atoms. The molecule has 7 nitrogen and oxygen atoms in total. The van der Waals surface area contributed by atoms with Crippen molar-refractivity contribution >= 4 is 48.2 Å².